The van der Waals surface area contributed by atoms with Crippen LogP contribution in [0.3, 0.4) is 0 Å². The van der Waals surface area contributed by atoms with Crippen LogP contribution < -0.4 is 5.32 Å². The van der Waals surface area contributed by atoms with Crippen molar-refractivity contribution in [2.45, 2.75) is 76.7 Å². The van der Waals surface area contributed by atoms with Gasteiger partial charge in [0.05, 0.1) is 0 Å². The average Bonchev–Trinajstić information content (AvgIpc) is 3.55. The Labute approximate surface area is 149 Å². The van der Waals surface area contributed by atoms with Crippen LogP contribution in [0.2, 0.25) is 0 Å². The van der Waals surface area contributed by atoms with Gasteiger partial charge in [0.2, 0.25) is 5.89 Å². The summed E-state index contributed by atoms with van der Waals surface area (Å²) in [6.07, 6.45) is 11.2. The molecule has 0 unspecified atom stereocenters. The number of aromatic nitrogens is 2. The van der Waals surface area contributed by atoms with Crippen molar-refractivity contribution in [3.63, 3.8) is 0 Å². The van der Waals surface area contributed by atoms with Crippen molar-refractivity contribution >= 4 is 6.03 Å². The molecule has 1 aromatic heterocycles. The number of carbonyl (C=O) groups is 1. The largest absolute Gasteiger partial charge is 0.337 e. The van der Waals surface area contributed by atoms with Crippen LogP contribution in [-0.2, 0) is 0 Å². The number of nitrogens with zero attached hydrogens (tertiary/aromatic N) is 3. The van der Waals surface area contributed by atoms with Crippen LogP contribution in [0.5, 0.6) is 0 Å². The van der Waals surface area contributed by atoms with Crippen molar-refractivity contribution < 1.29 is 9.32 Å². The Morgan fingerprint density at radius 2 is 1.76 bits per heavy atom. The maximum Gasteiger partial charge on any atom is 0.318 e. The van der Waals surface area contributed by atoms with Gasteiger partial charge in [0.1, 0.15) is 6.04 Å². The van der Waals surface area contributed by atoms with E-state index in [1.54, 1.807) is 0 Å². The lowest BCUT2D eigenvalue weighted by Gasteiger charge is -2.24. The number of urea groups is 1. The van der Waals surface area contributed by atoms with Crippen LogP contribution >= 0.6 is 0 Å². The highest BCUT2D eigenvalue weighted by atomic mass is 16.5. The number of hydrogen-bond acceptors (Lipinski definition) is 4. The fourth-order valence-electron chi connectivity index (χ4n) is 3.75. The van der Waals surface area contributed by atoms with Crippen LogP contribution in [-0.4, -0.2) is 34.2 Å². The van der Waals surface area contributed by atoms with Gasteiger partial charge in [-0.3, -0.25) is 0 Å². The summed E-state index contributed by atoms with van der Waals surface area (Å²) in [5, 5.41) is 7.25. The summed E-state index contributed by atoms with van der Waals surface area (Å²) in [5.74, 6) is 3.20. The number of nitrogens with one attached hydrogen (secondary N) is 1. The van der Waals surface area contributed by atoms with Gasteiger partial charge in [-0.15, -0.1) is 0 Å². The molecule has 0 aromatic carbocycles. The molecule has 0 radical (unpaired) electrons. The first-order valence-corrected chi connectivity index (χ1v) is 10.1. The van der Waals surface area contributed by atoms with Crippen LogP contribution in [0.25, 0.3) is 0 Å². The molecule has 6 heteroatoms. The SMILES string of the molecule is C[C@@H](NC(=O)N(CC1CC1)CC1CC1)c1nc(C2CCCCC2)no1. The molecule has 2 amide bonds. The molecule has 0 saturated heterocycles. The standard InChI is InChI=1S/C19H30N4O2/c1-13(18-21-17(22-25-18)16-5-3-2-4-6-16)20-19(24)23(11-14-7-8-14)12-15-9-10-15/h13-16H,2-12H2,1H3,(H,20,24)/t13-/m1/s1. The maximum absolute atomic E-state index is 12.7. The van der Waals surface area contributed by atoms with Gasteiger partial charge in [-0.2, -0.15) is 4.98 Å². The van der Waals surface area contributed by atoms with Crippen molar-refractivity contribution in [1.29, 1.82) is 0 Å². The first-order valence-electron chi connectivity index (χ1n) is 10.1. The summed E-state index contributed by atoms with van der Waals surface area (Å²) in [4.78, 5) is 19.3. The van der Waals surface area contributed by atoms with E-state index in [2.05, 4.69) is 15.5 Å². The Bertz CT molecular complexity index is 574. The molecule has 0 spiro atoms. The van der Waals surface area contributed by atoms with E-state index in [0.717, 1.165) is 31.8 Å². The second-order valence-electron chi connectivity index (χ2n) is 8.29. The number of hydrogen-bond donors (Lipinski definition) is 1. The molecule has 1 aromatic rings. The normalized spacial score (nSPS) is 22.6. The van der Waals surface area contributed by atoms with Crippen LogP contribution in [0.4, 0.5) is 4.79 Å². The molecule has 0 bridgehead atoms. The van der Waals surface area contributed by atoms with E-state index in [-0.39, 0.29) is 12.1 Å². The van der Waals surface area contributed by atoms with E-state index in [4.69, 9.17) is 4.52 Å². The van der Waals surface area contributed by atoms with Gasteiger partial charge in [0.25, 0.3) is 0 Å². The molecule has 6 nitrogen and oxygen atoms in total. The third-order valence-electron chi connectivity index (χ3n) is 5.78. The Morgan fingerprint density at radius 1 is 1.12 bits per heavy atom. The minimum Gasteiger partial charge on any atom is -0.337 e. The molecule has 3 saturated carbocycles. The lowest BCUT2D eigenvalue weighted by molar-refractivity contribution is 0.186. The summed E-state index contributed by atoms with van der Waals surface area (Å²) in [7, 11) is 0. The quantitative estimate of drug-likeness (QED) is 0.810. The van der Waals surface area contributed by atoms with E-state index >= 15 is 0 Å². The molecular formula is C19H30N4O2. The first kappa shape index (κ1) is 16.9. The number of rotatable bonds is 7. The molecule has 4 rings (SSSR count). The zero-order valence-corrected chi connectivity index (χ0v) is 15.2. The minimum atomic E-state index is -0.238. The average molecular weight is 346 g/mol. The molecule has 1 N–H and O–H groups in total. The zero-order chi connectivity index (χ0) is 17.2. The van der Waals surface area contributed by atoms with Gasteiger partial charge in [0, 0.05) is 19.0 Å². The number of carbonyl (C=O) groups excluding carboxylic acids is 1. The molecule has 25 heavy (non-hydrogen) atoms. The lowest BCUT2D eigenvalue weighted by atomic mass is 9.89. The highest BCUT2D eigenvalue weighted by molar-refractivity contribution is 5.74. The summed E-state index contributed by atoms with van der Waals surface area (Å²) in [6, 6.07) is -0.220. The Hall–Kier alpha value is -1.59. The molecule has 1 heterocycles. The summed E-state index contributed by atoms with van der Waals surface area (Å²) in [6.45, 7) is 3.72. The van der Waals surface area contributed by atoms with E-state index in [1.165, 1.54) is 44.9 Å². The van der Waals surface area contributed by atoms with E-state index in [1.807, 2.05) is 11.8 Å². The summed E-state index contributed by atoms with van der Waals surface area (Å²) in [5.41, 5.74) is 0. The van der Waals surface area contributed by atoms with Gasteiger partial charge < -0.3 is 14.7 Å². The van der Waals surface area contributed by atoms with Gasteiger partial charge in [0.15, 0.2) is 5.82 Å². The predicted octanol–water partition coefficient (Wildman–Crippen LogP) is 4.01. The molecule has 3 aliphatic carbocycles. The molecule has 138 valence electrons. The van der Waals surface area contributed by atoms with Crippen molar-refractivity contribution in [1.82, 2.24) is 20.4 Å². The van der Waals surface area contributed by atoms with Gasteiger partial charge in [-0.05, 0) is 57.3 Å². The smallest absolute Gasteiger partial charge is 0.318 e. The fraction of sp³-hybridized carbons (Fsp3) is 0.842. The Kier molecular flexibility index (Phi) is 4.95. The van der Waals surface area contributed by atoms with Crippen molar-refractivity contribution in [3.05, 3.63) is 11.7 Å². The summed E-state index contributed by atoms with van der Waals surface area (Å²) >= 11 is 0. The fourth-order valence-corrected chi connectivity index (χ4v) is 3.75. The van der Waals surface area contributed by atoms with Crippen LogP contribution in [0.15, 0.2) is 4.52 Å². The monoisotopic (exact) mass is 346 g/mol. The lowest BCUT2D eigenvalue weighted by Crippen LogP contribution is -2.43. The van der Waals surface area contributed by atoms with E-state index < -0.39 is 0 Å². The topological polar surface area (TPSA) is 71.3 Å². The molecule has 3 fully saturated rings. The van der Waals surface area contributed by atoms with Gasteiger partial charge in [-0.25, -0.2) is 4.79 Å². The van der Waals surface area contributed by atoms with Crippen molar-refractivity contribution in [2.75, 3.05) is 13.1 Å². The molecule has 1 atom stereocenters. The van der Waals surface area contributed by atoms with Gasteiger partial charge >= 0.3 is 6.03 Å². The van der Waals surface area contributed by atoms with Gasteiger partial charge in [-0.1, -0.05) is 24.4 Å². The van der Waals surface area contributed by atoms with Crippen molar-refractivity contribution in [3.8, 4) is 0 Å². The molecular weight excluding hydrogens is 316 g/mol. The second kappa shape index (κ2) is 7.34. The Balaban J connectivity index is 1.34. The summed E-state index contributed by atoms with van der Waals surface area (Å²) < 4.78 is 5.45. The second-order valence-corrected chi connectivity index (χ2v) is 8.29. The third kappa shape index (κ3) is 4.53. The minimum absolute atomic E-state index is 0.0173. The van der Waals surface area contributed by atoms with Crippen molar-refractivity contribution in [2.24, 2.45) is 11.8 Å². The molecule has 3 aliphatic rings. The predicted molar refractivity (Wildman–Crippen MR) is 94.1 cm³/mol. The highest BCUT2D eigenvalue weighted by Gasteiger charge is 2.32. The van der Waals surface area contributed by atoms with Crippen LogP contribution in [0, 0.1) is 11.8 Å². The highest BCUT2D eigenvalue weighted by Crippen LogP contribution is 2.34. The molecule has 0 aliphatic heterocycles. The zero-order valence-electron chi connectivity index (χ0n) is 15.2. The van der Waals surface area contributed by atoms with E-state index in [9.17, 15) is 4.79 Å². The Morgan fingerprint density at radius 3 is 2.36 bits per heavy atom. The van der Waals surface area contributed by atoms with Crippen LogP contribution in [0.1, 0.15) is 88.4 Å². The number of amides is 2. The van der Waals surface area contributed by atoms with E-state index in [0.29, 0.717) is 23.6 Å². The third-order valence-corrected chi connectivity index (χ3v) is 5.78. The maximum atomic E-state index is 12.7. The first-order chi connectivity index (χ1) is 12.2.